The van der Waals surface area contributed by atoms with Crippen molar-refractivity contribution in [2.75, 3.05) is 17.2 Å². The van der Waals surface area contributed by atoms with Crippen LogP contribution in [-0.2, 0) is 9.59 Å². The van der Waals surface area contributed by atoms with Crippen LogP contribution in [0.3, 0.4) is 0 Å². The summed E-state index contributed by atoms with van der Waals surface area (Å²) in [6, 6.07) is 3.91. The number of carbonyl (C=O) groups excluding carboxylic acids is 2. The minimum atomic E-state index is -0.532. The van der Waals surface area contributed by atoms with Crippen LogP contribution in [0, 0.1) is 5.82 Å². The highest BCUT2D eigenvalue weighted by atomic mass is 19.1. The smallest absolute Gasteiger partial charge is 0.241 e. The monoisotopic (exact) mass is 293 g/mol. The predicted octanol–water partition coefficient (Wildman–Crippen LogP) is 2.25. The summed E-state index contributed by atoms with van der Waals surface area (Å²) >= 11 is 0. The van der Waals surface area contributed by atoms with Crippen molar-refractivity contribution in [2.24, 2.45) is 0 Å². The molecule has 1 fully saturated rings. The SMILES string of the molecule is CC(=O)Nc1cc(NC(=O)C2CCCCCN2)ccc1F. The van der Waals surface area contributed by atoms with E-state index in [1.165, 1.54) is 25.1 Å². The maximum absolute atomic E-state index is 13.5. The normalized spacial score (nSPS) is 18.7. The number of halogens is 1. The maximum atomic E-state index is 13.5. The summed E-state index contributed by atoms with van der Waals surface area (Å²) in [6.07, 6.45) is 4.02. The zero-order valence-corrected chi connectivity index (χ0v) is 12.0. The van der Waals surface area contributed by atoms with Crippen LogP contribution < -0.4 is 16.0 Å². The summed E-state index contributed by atoms with van der Waals surface area (Å²) in [6.45, 7) is 2.14. The number of nitrogens with one attached hydrogen (secondary N) is 3. The highest BCUT2D eigenvalue weighted by molar-refractivity contribution is 5.96. The molecule has 21 heavy (non-hydrogen) atoms. The lowest BCUT2D eigenvalue weighted by molar-refractivity contribution is -0.118. The second kappa shape index (κ2) is 7.17. The van der Waals surface area contributed by atoms with Crippen LogP contribution in [0.15, 0.2) is 18.2 Å². The van der Waals surface area contributed by atoms with E-state index in [1.54, 1.807) is 0 Å². The van der Waals surface area contributed by atoms with E-state index in [9.17, 15) is 14.0 Å². The minimum absolute atomic E-state index is 0.0640. The summed E-state index contributed by atoms with van der Waals surface area (Å²) in [4.78, 5) is 23.2. The largest absolute Gasteiger partial charge is 0.325 e. The lowest BCUT2D eigenvalue weighted by Crippen LogP contribution is -2.39. The summed E-state index contributed by atoms with van der Waals surface area (Å²) in [7, 11) is 0. The van der Waals surface area contributed by atoms with Gasteiger partial charge in [-0.2, -0.15) is 0 Å². The van der Waals surface area contributed by atoms with Crippen LogP contribution >= 0.6 is 0 Å². The van der Waals surface area contributed by atoms with E-state index in [-0.39, 0.29) is 23.5 Å². The van der Waals surface area contributed by atoms with Crippen molar-refractivity contribution in [1.82, 2.24) is 5.32 Å². The molecule has 0 aromatic heterocycles. The molecule has 0 bridgehead atoms. The topological polar surface area (TPSA) is 70.2 Å². The maximum Gasteiger partial charge on any atom is 0.241 e. The Bertz CT molecular complexity index is 526. The quantitative estimate of drug-likeness (QED) is 0.800. The Hall–Kier alpha value is -1.95. The van der Waals surface area contributed by atoms with Crippen LogP contribution in [0.1, 0.15) is 32.6 Å². The van der Waals surface area contributed by atoms with Gasteiger partial charge >= 0.3 is 0 Å². The molecule has 1 aliphatic heterocycles. The molecule has 1 aromatic rings. The highest BCUT2D eigenvalue weighted by Gasteiger charge is 2.19. The first-order chi connectivity index (χ1) is 10.1. The van der Waals surface area contributed by atoms with Crippen LogP contribution in [0.4, 0.5) is 15.8 Å². The van der Waals surface area contributed by atoms with Gasteiger partial charge in [0, 0.05) is 12.6 Å². The Labute approximate surface area is 123 Å². The molecular formula is C15H20FN3O2. The zero-order chi connectivity index (χ0) is 15.2. The number of hydrogen-bond donors (Lipinski definition) is 3. The molecule has 0 spiro atoms. The molecule has 6 heteroatoms. The molecule has 0 aliphatic carbocycles. The first-order valence-corrected chi connectivity index (χ1v) is 7.17. The van der Waals surface area contributed by atoms with E-state index in [4.69, 9.17) is 0 Å². The molecule has 2 rings (SSSR count). The molecule has 1 aliphatic rings. The summed E-state index contributed by atoms with van der Waals surface area (Å²) in [5.41, 5.74) is 0.533. The fourth-order valence-electron chi connectivity index (χ4n) is 2.37. The summed E-state index contributed by atoms with van der Waals surface area (Å²) in [5.74, 6) is -1.02. The van der Waals surface area contributed by atoms with Gasteiger partial charge in [0.1, 0.15) is 5.82 Å². The molecule has 3 N–H and O–H groups in total. The van der Waals surface area contributed by atoms with E-state index < -0.39 is 5.82 Å². The van der Waals surface area contributed by atoms with E-state index in [0.29, 0.717) is 5.69 Å². The Balaban J connectivity index is 2.04. The van der Waals surface area contributed by atoms with Crippen molar-refractivity contribution < 1.29 is 14.0 Å². The number of rotatable bonds is 3. The minimum Gasteiger partial charge on any atom is -0.325 e. The van der Waals surface area contributed by atoms with Crippen LogP contribution in [-0.4, -0.2) is 24.4 Å². The lowest BCUT2D eigenvalue weighted by Gasteiger charge is -2.16. The Morgan fingerprint density at radius 1 is 1.24 bits per heavy atom. The van der Waals surface area contributed by atoms with E-state index in [0.717, 1.165) is 32.2 Å². The van der Waals surface area contributed by atoms with Gasteiger partial charge in [0.15, 0.2) is 0 Å². The van der Waals surface area contributed by atoms with Crippen molar-refractivity contribution in [1.29, 1.82) is 0 Å². The Morgan fingerprint density at radius 2 is 2.05 bits per heavy atom. The van der Waals surface area contributed by atoms with Crippen molar-refractivity contribution >= 4 is 23.2 Å². The van der Waals surface area contributed by atoms with Gasteiger partial charge in [-0.05, 0) is 37.6 Å². The van der Waals surface area contributed by atoms with E-state index in [1.807, 2.05) is 0 Å². The Kier molecular flexibility index (Phi) is 5.27. The molecule has 1 unspecified atom stereocenters. The second-order valence-electron chi connectivity index (χ2n) is 5.22. The van der Waals surface area contributed by atoms with Crippen LogP contribution in [0.25, 0.3) is 0 Å². The number of hydrogen-bond acceptors (Lipinski definition) is 3. The van der Waals surface area contributed by atoms with Crippen molar-refractivity contribution in [2.45, 2.75) is 38.6 Å². The molecule has 0 saturated carbocycles. The molecule has 2 amide bonds. The molecule has 1 saturated heterocycles. The van der Waals surface area contributed by atoms with Crippen molar-refractivity contribution in [3.8, 4) is 0 Å². The lowest BCUT2D eigenvalue weighted by atomic mass is 10.1. The highest BCUT2D eigenvalue weighted by Crippen LogP contribution is 2.20. The molecular weight excluding hydrogens is 273 g/mol. The third-order valence-corrected chi connectivity index (χ3v) is 3.42. The van der Waals surface area contributed by atoms with Gasteiger partial charge in [-0.15, -0.1) is 0 Å². The van der Waals surface area contributed by atoms with Gasteiger partial charge < -0.3 is 16.0 Å². The van der Waals surface area contributed by atoms with Crippen LogP contribution in [0.5, 0.6) is 0 Å². The van der Waals surface area contributed by atoms with Gasteiger partial charge in [0.25, 0.3) is 0 Å². The molecule has 5 nitrogen and oxygen atoms in total. The van der Waals surface area contributed by atoms with E-state index >= 15 is 0 Å². The summed E-state index contributed by atoms with van der Waals surface area (Å²) < 4.78 is 13.5. The number of anilines is 2. The average molecular weight is 293 g/mol. The molecule has 1 heterocycles. The number of carbonyl (C=O) groups is 2. The first-order valence-electron chi connectivity index (χ1n) is 7.17. The van der Waals surface area contributed by atoms with Gasteiger partial charge in [-0.25, -0.2) is 4.39 Å². The fraction of sp³-hybridized carbons (Fsp3) is 0.467. The van der Waals surface area contributed by atoms with Gasteiger partial charge in [-0.1, -0.05) is 12.8 Å². The number of amides is 2. The zero-order valence-electron chi connectivity index (χ0n) is 12.0. The fourth-order valence-corrected chi connectivity index (χ4v) is 2.37. The number of benzene rings is 1. The van der Waals surface area contributed by atoms with Crippen molar-refractivity contribution in [3.05, 3.63) is 24.0 Å². The molecule has 1 atom stereocenters. The van der Waals surface area contributed by atoms with Crippen LogP contribution in [0.2, 0.25) is 0 Å². The molecule has 1 aromatic carbocycles. The van der Waals surface area contributed by atoms with E-state index in [2.05, 4.69) is 16.0 Å². The Morgan fingerprint density at radius 3 is 2.81 bits per heavy atom. The van der Waals surface area contributed by atoms with Gasteiger partial charge in [0.2, 0.25) is 11.8 Å². The molecule has 114 valence electrons. The van der Waals surface area contributed by atoms with Gasteiger partial charge in [-0.3, -0.25) is 9.59 Å². The first kappa shape index (κ1) is 15.4. The standard InChI is InChI=1S/C15H20FN3O2/c1-10(20)18-14-9-11(6-7-12(14)16)19-15(21)13-5-3-2-4-8-17-13/h6-7,9,13,17H,2-5,8H2,1H3,(H,18,20)(H,19,21). The third kappa shape index (κ3) is 4.53. The molecule has 0 radical (unpaired) electrons. The van der Waals surface area contributed by atoms with Crippen molar-refractivity contribution in [3.63, 3.8) is 0 Å². The average Bonchev–Trinajstić information content (AvgIpc) is 2.71. The third-order valence-electron chi connectivity index (χ3n) is 3.42. The second-order valence-corrected chi connectivity index (χ2v) is 5.22. The van der Waals surface area contributed by atoms with Gasteiger partial charge in [0.05, 0.1) is 11.7 Å². The predicted molar refractivity (Wildman–Crippen MR) is 79.6 cm³/mol. The summed E-state index contributed by atoms with van der Waals surface area (Å²) in [5, 5.41) is 8.36.